The summed E-state index contributed by atoms with van der Waals surface area (Å²) in [5, 5.41) is 13.8. The van der Waals surface area contributed by atoms with E-state index in [1.54, 1.807) is 12.1 Å². The number of halogens is 1. The zero-order chi connectivity index (χ0) is 14.6. The maximum absolute atomic E-state index is 12.0. The van der Waals surface area contributed by atoms with Gasteiger partial charge in [-0.05, 0) is 40.9 Å². The van der Waals surface area contributed by atoms with E-state index >= 15 is 0 Å². The third kappa shape index (κ3) is 3.80. The van der Waals surface area contributed by atoms with E-state index in [2.05, 4.69) is 4.72 Å². The summed E-state index contributed by atoms with van der Waals surface area (Å²) in [7, 11) is -3.65. The second-order valence-corrected chi connectivity index (χ2v) is 7.11. The van der Waals surface area contributed by atoms with Crippen molar-refractivity contribution in [3.8, 4) is 0 Å². The van der Waals surface area contributed by atoms with Gasteiger partial charge in [0.2, 0.25) is 10.0 Å². The fourth-order valence-corrected chi connectivity index (χ4v) is 3.97. The van der Waals surface area contributed by atoms with Crippen LogP contribution in [-0.4, -0.2) is 20.1 Å². The predicted octanol–water partition coefficient (Wildman–Crippen LogP) is 2.80. The largest absolute Gasteiger partial charge is 0.388 e. The Bertz CT molecular complexity index is 656. The molecule has 108 valence electrons. The average molecular weight is 332 g/mol. The standard InChI is InChI=1S/C13H14ClNO3S2/c14-11-3-1-2-4-13(11)20(17,18)15-7-5-12(16)10-6-8-19-9-10/h1-4,6,8-9,12,15-16H,5,7H2/t12-/m0/s1. The highest BCUT2D eigenvalue weighted by Crippen LogP contribution is 2.21. The van der Waals surface area contributed by atoms with Crippen molar-refractivity contribution in [1.29, 1.82) is 0 Å². The summed E-state index contributed by atoms with van der Waals surface area (Å²) in [6.07, 6.45) is -0.365. The third-order valence-corrected chi connectivity index (χ3v) is 5.43. The monoisotopic (exact) mass is 331 g/mol. The van der Waals surface area contributed by atoms with Gasteiger partial charge in [0.15, 0.2) is 0 Å². The molecule has 0 amide bonds. The maximum atomic E-state index is 12.0. The lowest BCUT2D eigenvalue weighted by atomic mass is 10.1. The normalized spacial score (nSPS) is 13.3. The molecule has 1 aromatic heterocycles. The van der Waals surface area contributed by atoms with E-state index in [4.69, 9.17) is 11.6 Å². The van der Waals surface area contributed by atoms with E-state index in [0.29, 0.717) is 6.42 Å². The lowest BCUT2D eigenvalue weighted by molar-refractivity contribution is 0.169. The molecule has 0 bridgehead atoms. The number of thiophene rings is 1. The van der Waals surface area contributed by atoms with Gasteiger partial charge in [-0.25, -0.2) is 13.1 Å². The highest BCUT2D eigenvalue weighted by Gasteiger charge is 2.17. The van der Waals surface area contributed by atoms with E-state index in [-0.39, 0.29) is 16.5 Å². The summed E-state index contributed by atoms with van der Waals surface area (Å²) < 4.78 is 26.5. The van der Waals surface area contributed by atoms with E-state index in [0.717, 1.165) is 5.56 Å². The van der Waals surface area contributed by atoms with Crippen LogP contribution >= 0.6 is 22.9 Å². The minimum absolute atomic E-state index is 0.0479. The molecule has 0 spiro atoms. The van der Waals surface area contributed by atoms with Crippen LogP contribution in [0.3, 0.4) is 0 Å². The molecular weight excluding hydrogens is 318 g/mol. The second kappa shape index (κ2) is 6.69. The van der Waals surface area contributed by atoms with E-state index in [1.165, 1.54) is 23.5 Å². The molecule has 20 heavy (non-hydrogen) atoms. The van der Waals surface area contributed by atoms with Gasteiger partial charge in [-0.15, -0.1) is 0 Å². The molecule has 1 heterocycles. The number of benzene rings is 1. The molecule has 0 saturated heterocycles. The summed E-state index contributed by atoms with van der Waals surface area (Å²) in [6.45, 7) is 0.143. The average Bonchev–Trinajstić information content (AvgIpc) is 2.92. The molecule has 0 aliphatic heterocycles. The van der Waals surface area contributed by atoms with Gasteiger partial charge in [0, 0.05) is 6.54 Å². The highest BCUT2D eigenvalue weighted by atomic mass is 35.5. The van der Waals surface area contributed by atoms with Crippen LogP contribution in [0.2, 0.25) is 5.02 Å². The van der Waals surface area contributed by atoms with Crippen LogP contribution in [0.5, 0.6) is 0 Å². The minimum atomic E-state index is -3.65. The van der Waals surface area contributed by atoms with Gasteiger partial charge in [-0.2, -0.15) is 11.3 Å². The van der Waals surface area contributed by atoms with Gasteiger partial charge in [0.25, 0.3) is 0 Å². The molecule has 2 N–H and O–H groups in total. The van der Waals surface area contributed by atoms with Crippen LogP contribution < -0.4 is 4.72 Å². The first kappa shape index (κ1) is 15.5. The Labute approximate surface area is 127 Å². The lowest BCUT2D eigenvalue weighted by Crippen LogP contribution is -2.26. The van der Waals surface area contributed by atoms with Gasteiger partial charge in [-0.1, -0.05) is 23.7 Å². The lowest BCUT2D eigenvalue weighted by Gasteiger charge is -2.11. The molecule has 7 heteroatoms. The quantitative estimate of drug-likeness (QED) is 0.855. The summed E-state index contributed by atoms with van der Waals surface area (Å²) in [4.78, 5) is 0.0479. The van der Waals surface area contributed by atoms with Crippen LogP contribution in [-0.2, 0) is 10.0 Å². The zero-order valence-corrected chi connectivity index (χ0v) is 12.9. The van der Waals surface area contributed by atoms with E-state index < -0.39 is 16.1 Å². The van der Waals surface area contributed by atoms with Crippen molar-refractivity contribution in [3.63, 3.8) is 0 Å². The molecule has 1 aromatic carbocycles. The van der Waals surface area contributed by atoms with Gasteiger partial charge >= 0.3 is 0 Å². The zero-order valence-electron chi connectivity index (χ0n) is 10.5. The fraction of sp³-hybridized carbons (Fsp3) is 0.231. The summed E-state index contributed by atoms with van der Waals surface area (Å²) >= 11 is 7.35. The Kier molecular flexibility index (Phi) is 5.17. The Morgan fingerprint density at radius 3 is 2.70 bits per heavy atom. The van der Waals surface area contributed by atoms with Crippen molar-refractivity contribution < 1.29 is 13.5 Å². The van der Waals surface area contributed by atoms with Crippen LogP contribution in [0.1, 0.15) is 18.1 Å². The highest BCUT2D eigenvalue weighted by molar-refractivity contribution is 7.89. The van der Waals surface area contributed by atoms with Crippen molar-refractivity contribution in [2.75, 3.05) is 6.54 Å². The van der Waals surface area contributed by atoms with E-state index in [9.17, 15) is 13.5 Å². The molecule has 0 aliphatic carbocycles. The number of aliphatic hydroxyl groups excluding tert-OH is 1. The first-order valence-corrected chi connectivity index (χ1v) is 8.75. The van der Waals surface area contributed by atoms with Crippen LogP contribution in [0.25, 0.3) is 0 Å². The van der Waals surface area contributed by atoms with Crippen molar-refractivity contribution >= 4 is 33.0 Å². The molecule has 0 radical (unpaired) electrons. The molecule has 0 fully saturated rings. The Morgan fingerprint density at radius 1 is 1.30 bits per heavy atom. The van der Waals surface area contributed by atoms with Gasteiger partial charge in [0.1, 0.15) is 4.90 Å². The molecule has 1 atom stereocenters. The fourth-order valence-electron chi connectivity index (χ4n) is 1.70. The first-order valence-electron chi connectivity index (χ1n) is 5.95. The van der Waals surface area contributed by atoms with Gasteiger partial charge in [0.05, 0.1) is 11.1 Å². The number of rotatable bonds is 6. The SMILES string of the molecule is O=S(=O)(NCC[C@H](O)c1ccsc1)c1ccccc1Cl. The molecule has 2 rings (SSSR count). The summed E-state index contributed by atoms with van der Waals surface area (Å²) in [5.41, 5.74) is 0.798. The number of aliphatic hydroxyl groups is 1. The van der Waals surface area contributed by atoms with Crippen molar-refractivity contribution in [2.24, 2.45) is 0 Å². The molecule has 2 aromatic rings. The summed E-state index contributed by atoms with van der Waals surface area (Å²) in [6, 6.07) is 8.07. The molecule has 0 saturated carbocycles. The number of nitrogens with one attached hydrogen (secondary N) is 1. The Balaban J connectivity index is 1.95. The van der Waals surface area contributed by atoms with Crippen LogP contribution in [0, 0.1) is 0 Å². The molecule has 0 aliphatic rings. The maximum Gasteiger partial charge on any atom is 0.242 e. The van der Waals surface area contributed by atoms with Crippen LogP contribution in [0.15, 0.2) is 46.0 Å². The third-order valence-electron chi connectivity index (χ3n) is 2.76. The predicted molar refractivity (Wildman–Crippen MR) is 80.5 cm³/mol. The van der Waals surface area contributed by atoms with Crippen molar-refractivity contribution in [3.05, 3.63) is 51.7 Å². The number of hydrogen-bond acceptors (Lipinski definition) is 4. The van der Waals surface area contributed by atoms with Crippen molar-refractivity contribution in [1.82, 2.24) is 4.72 Å². The number of sulfonamides is 1. The van der Waals surface area contributed by atoms with Crippen molar-refractivity contribution in [2.45, 2.75) is 17.4 Å². The van der Waals surface area contributed by atoms with E-state index in [1.807, 2.05) is 16.8 Å². The first-order chi connectivity index (χ1) is 9.50. The molecular formula is C13H14ClNO3S2. The molecule has 0 unspecified atom stereocenters. The molecule has 4 nitrogen and oxygen atoms in total. The minimum Gasteiger partial charge on any atom is -0.388 e. The van der Waals surface area contributed by atoms with Crippen LogP contribution in [0.4, 0.5) is 0 Å². The smallest absolute Gasteiger partial charge is 0.242 e. The topological polar surface area (TPSA) is 66.4 Å². The Morgan fingerprint density at radius 2 is 2.05 bits per heavy atom. The second-order valence-electron chi connectivity index (χ2n) is 4.19. The number of hydrogen-bond donors (Lipinski definition) is 2. The summed E-state index contributed by atoms with van der Waals surface area (Å²) in [5.74, 6) is 0. The van der Waals surface area contributed by atoms with Gasteiger partial charge < -0.3 is 5.11 Å². The van der Waals surface area contributed by atoms with Gasteiger partial charge in [-0.3, -0.25) is 0 Å². The Hall–Kier alpha value is -0.920.